The average Bonchev–Trinajstić information content (AvgIpc) is 3.68. The monoisotopic (exact) mass is 709 g/mol. The number of carbonyl (C=O) groups is 6. The maximum atomic E-state index is 14.6. The van der Waals surface area contributed by atoms with E-state index in [1.807, 2.05) is 27.7 Å². The number of aliphatic hydroxyl groups is 1. The molecule has 1 saturated heterocycles. The molecule has 3 saturated carbocycles. The fourth-order valence-corrected chi connectivity index (χ4v) is 8.10. The summed E-state index contributed by atoms with van der Waals surface area (Å²) in [5.41, 5.74) is -0.717. The van der Waals surface area contributed by atoms with Crippen LogP contribution in [0.4, 0.5) is 0 Å². The molecule has 1 aromatic heterocycles. The molecule has 5 N–H and O–H groups in total. The van der Waals surface area contributed by atoms with Gasteiger partial charge in [-0.15, -0.1) is 0 Å². The summed E-state index contributed by atoms with van der Waals surface area (Å²) in [4.78, 5) is 89.6. The molecule has 280 valence electrons. The predicted octanol–water partition coefficient (Wildman–Crippen LogP) is 2.05. The molecule has 5 rings (SSSR count). The van der Waals surface area contributed by atoms with E-state index in [2.05, 4.69) is 31.2 Å². The number of hydrogen-bond donors (Lipinski definition) is 5. The summed E-state index contributed by atoms with van der Waals surface area (Å²) in [6.45, 7) is 7.84. The second kappa shape index (κ2) is 16.6. The van der Waals surface area contributed by atoms with Gasteiger partial charge in [-0.3, -0.25) is 28.8 Å². The number of nitrogens with zero attached hydrogens (tertiary/aromatic N) is 3. The first-order valence-corrected chi connectivity index (χ1v) is 18.8. The number of rotatable bonds is 14. The zero-order valence-electron chi connectivity index (χ0n) is 30.4. The largest absolute Gasteiger partial charge is 0.381 e. The number of amides is 5. The molecule has 0 spiro atoms. The van der Waals surface area contributed by atoms with E-state index < -0.39 is 59.3 Å². The molecule has 2 unspecified atom stereocenters. The summed E-state index contributed by atoms with van der Waals surface area (Å²) in [7, 11) is 0. The van der Waals surface area contributed by atoms with Gasteiger partial charge in [0.25, 0.3) is 11.8 Å². The van der Waals surface area contributed by atoms with E-state index in [1.54, 1.807) is 4.90 Å². The number of carbonyl (C=O) groups excluding carboxylic acids is 6. The fourth-order valence-electron chi connectivity index (χ4n) is 8.10. The molecule has 14 heteroatoms. The molecule has 1 aromatic rings. The Morgan fingerprint density at radius 1 is 0.922 bits per heavy atom. The second-order valence-corrected chi connectivity index (χ2v) is 16.0. The zero-order valence-corrected chi connectivity index (χ0v) is 30.4. The Hall–Kier alpha value is -3.94. The van der Waals surface area contributed by atoms with Crippen molar-refractivity contribution >= 4 is 35.8 Å². The van der Waals surface area contributed by atoms with Gasteiger partial charge in [0, 0.05) is 12.6 Å². The van der Waals surface area contributed by atoms with Gasteiger partial charge >= 0.3 is 0 Å². The SMILES string of the molecule is CCC[C@H](NC(=O)[C@@H]1C2CCC[C@H]2CN1C(=O)[C@@H](NC(=O)[C@@H](NC(=O)c1cnc(C=O)cn1)C1CCCCC1)C(C)(C)C)C(O)C(=O)NC1CC1. The van der Waals surface area contributed by atoms with Crippen molar-refractivity contribution in [3.05, 3.63) is 23.8 Å². The molecule has 0 bridgehead atoms. The maximum Gasteiger partial charge on any atom is 0.272 e. The molecule has 1 aliphatic heterocycles. The lowest BCUT2D eigenvalue weighted by atomic mass is 9.82. The highest BCUT2D eigenvalue weighted by molar-refractivity contribution is 5.98. The van der Waals surface area contributed by atoms with Gasteiger partial charge in [0.2, 0.25) is 17.7 Å². The Kier molecular flexibility index (Phi) is 12.5. The number of hydrogen-bond acceptors (Lipinski definition) is 9. The van der Waals surface area contributed by atoms with Crippen LogP contribution in [0.3, 0.4) is 0 Å². The Balaban J connectivity index is 1.35. The van der Waals surface area contributed by atoms with Crippen molar-refractivity contribution < 1.29 is 33.9 Å². The number of aromatic nitrogens is 2. The molecular weight excluding hydrogens is 654 g/mol. The van der Waals surface area contributed by atoms with Gasteiger partial charge < -0.3 is 31.3 Å². The van der Waals surface area contributed by atoms with Crippen molar-refractivity contribution in [1.82, 2.24) is 36.1 Å². The van der Waals surface area contributed by atoms with Crippen molar-refractivity contribution in [1.29, 1.82) is 0 Å². The molecule has 3 aliphatic carbocycles. The van der Waals surface area contributed by atoms with Gasteiger partial charge in [0.15, 0.2) is 12.4 Å². The van der Waals surface area contributed by atoms with Crippen molar-refractivity contribution in [2.45, 2.75) is 141 Å². The van der Waals surface area contributed by atoms with E-state index in [0.29, 0.717) is 25.7 Å². The lowest BCUT2D eigenvalue weighted by molar-refractivity contribution is -0.146. The lowest BCUT2D eigenvalue weighted by Gasteiger charge is -2.38. The summed E-state index contributed by atoms with van der Waals surface area (Å²) in [5, 5.41) is 22.6. The van der Waals surface area contributed by atoms with Gasteiger partial charge in [0.05, 0.1) is 18.4 Å². The van der Waals surface area contributed by atoms with Crippen LogP contribution in [0.15, 0.2) is 12.4 Å². The third-order valence-electron chi connectivity index (χ3n) is 11.1. The third-order valence-corrected chi connectivity index (χ3v) is 11.1. The minimum atomic E-state index is -1.41. The Bertz CT molecular complexity index is 1440. The molecule has 2 heterocycles. The van der Waals surface area contributed by atoms with E-state index in [9.17, 15) is 33.9 Å². The first-order chi connectivity index (χ1) is 24.3. The first-order valence-electron chi connectivity index (χ1n) is 18.8. The van der Waals surface area contributed by atoms with Gasteiger partial charge in [-0.25, -0.2) is 9.97 Å². The molecular formula is C37H55N7O7. The van der Waals surface area contributed by atoms with Crippen molar-refractivity contribution in [3.8, 4) is 0 Å². The van der Waals surface area contributed by atoms with Crippen LogP contribution in [0.25, 0.3) is 0 Å². The Labute approximate surface area is 300 Å². The summed E-state index contributed by atoms with van der Waals surface area (Å²) >= 11 is 0. The number of aldehydes is 1. The fraction of sp³-hybridized carbons (Fsp3) is 0.730. The lowest BCUT2D eigenvalue weighted by Crippen LogP contribution is -2.62. The first kappa shape index (κ1) is 38.3. The second-order valence-electron chi connectivity index (χ2n) is 16.0. The van der Waals surface area contributed by atoms with Gasteiger partial charge in [-0.05, 0) is 68.1 Å². The normalized spacial score (nSPS) is 24.4. The highest BCUT2D eigenvalue weighted by atomic mass is 16.3. The van der Waals surface area contributed by atoms with Crippen molar-refractivity contribution in [3.63, 3.8) is 0 Å². The molecule has 4 aliphatic rings. The Morgan fingerprint density at radius 2 is 1.65 bits per heavy atom. The standard InChI is InChI=1S/C37H55N7O7/c1-5-10-26(30(46)35(50)40-23-15-16-23)41-34(49)29-25-14-9-13-22(25)19-44(29)36(51)31(37(2,3)4)43-33(48)28(21-11-7-6-8-12-21)42-32(47)27-18-38-24(20-45)17-39-27/h17-18,20-23,25-26,28-31,46H,5-16,19H2,1-4H3,(H,40,50)(H,41,49)(H,42,47)(H,43,48)/t22-,25?,26-,28-,29-,30?,31+/m0/s1. The highest BCUT2D eigenvalue weighted by Crippen LogP contribution is 2.43. The minimum Gasteiger partial charge on any atom is -0.381 e. The van der Waals surface area contributed by atoms with Crippen LogP contribution in [0, 0.1) is 23.2 Å². The van der Waals surface area contributed by atoms with E-state index in [1.165, 1.54) is 12.4 Å². The van der Waals surface area contributed by atoms with Gasteiger partial charge in [-0.1, -0.05) is 59.8 Å². The van der Waals surface area contributed by atoms with Gasteiger partial charge in [0.1, 0.15) is 29.5 Å². The van der Waals surface area contributed by atoms with Crippen LogP contribution in [0.5, 0.6) is 0 Å². The van der Waals surface area contributed by atoms with Crippen molar-refractivity contribution in [2.24, 2.45) is 23.2 Å². The van der Waals surface area contributed by atoms with Gasteiger partial charge in [-0.2, -0.15) is 0 Å². The minimum absolute atomic E-state index is 0.0355. The maximum absolute atomic E-state index is 14.6. The van der Waals surface area contributed by atoms with E-state index in [4.69, 9.17) is 0 Å². The van der Waals surface area contributed by atoms with E-state index >= 15 is 0 Å². The molecule has 5 amide bonds. The summed E-state index contributed by atoms with van der Waals surface area (Å²) < 4.78 is 0. The molecule has 14 nitrogen and oxygen atoms in total. The number of aliphatic hydroxyl groups excluding tert-OH is 1. The third kappa shape index (κ3) is 9.30. The quantitative estimate of drug-likeness (QED) is 0.179. The molecule has 7 atom stereocenters. The number of fused-ring (bicyclic) bond motifs is 1. The number of nitrogens with one attached hydrogen (secondary N) is 4. The molecule has 0 aromatic carbocycles. The molecule has 0 radical (unpaired) electrons. The highest BCUT2D eigenvalue weighted by Gasteiger charge is 2.52. The summed E-state index contributed by atoms with van der Waals surface area (Å²) in [6.07, 6.45) is 11.1. The molecule has 51 heavy (non-hydrogen) atoms. The Morgan fingerprint density at radius 3 is 2.25 bits per heavy atom. The zero-order chi connectivity index (χ0) is 36.9. The summed E-state index contributed by atoms with van der Waals surface area (Å²) in [5.74, 6) is -2.51. The topological polar surface area (TPSA) is 200 Å². The van der Waals surface area contributed by atoms with E-state index in [-0.39, 0.29) is 41.1 Å². The van der Waals surface area contributed by atoms with E-state index in [0.717, 1.165) is 64.2 Å². The van der Waals surface area contributed by atoms with Crippen LogP contribution in [-0.4, -0.2) is 98.7 Å². The average molecular weight is 710 g/mol. The number of likely N-dealkylation sites (tertiary alicyclic amines) is 1. The summed E-state index contributed by atoms with van der Waals surface area (Å²) in [6, 6.07) is -3.53. The van der Waals surface area contributed by atoms with Crippen LogP contribution in [0.2, 0.25) is 0 Å². The van der Waals surface area contributed by atoms with Crippen LogP contribution < -0.4 is 21.3 Å². The van der Waals surface area contributed by atoms with Crippen LogP contribution >= 0.6 is 0 Å². The smallest absolute Gasteiger partial charge is 0.272 e. The van der Waals surface area contributed by atoms with Crippen LogP contribution in [-0.2, 0) is 19.2 Å². The predicted molar refractivity (Wildman–Crippen MR) is 187 cm³/mol. The van der Waals surface area contributed by atoms with Crippen molar-refractivity contribution in [2.75, 3.05) is 6.54 Å². The van der Waals surface area contributed by atoms with Crippen LogP contribution in [0.1, 0.15) is 126 Å². The molecule has 4 fully saturated rings.